The van der Waals surface area contributed by atoms with Gasteiger partial charge in [-0.2, -0.15) is 0 Å². The van der Waals surface area contributed by atoms with E-state index in [0.29, 0.717) is 6.42 Å². The van der Waals surface area contributed by atoms with Crippen molar-refractivity contribution in [2.24, 2.45) is 0 Å². The number of rotatable bonds is 22. The highest BCUT2D eigenvalue weighted by Gasteiger charge is 2.29. The van der Waals surface area contributed by atoms with Crippen LogP contribution in [0.1, 0.15) is 122 Å². The highest BCUT2D eigenvalue weighted by molar-refractivity contribution is 7.46. The lowest BCUT2D eigenvalue weighted by molar-refractivity contribution is -0.0600. The van der Waals surface area contributed by atoms with E-state index in [1.54, 1.807) is 0 Å². The summed E-state index contributed by atoms with van der Waals surface area (Å²) in [7, 11) is -4.62. The summed E-state index contributed by atoms with van der Waals surface area (Å²) in [5.74, 6) is 0. The molecular weight excluding hydrogens is 391 g/mol. The van der Waals surface area contributed by atoms with Gasteiger partial charge >= 0.3 is 7.82 Å². The summed E-state index contributed by atoms with van der Waals surface area (Å²) in [6, 6.07) is 0. The molecule has 0 aromatic heterocycles. The van der Waals surface area contributed by atoms with Crippen LogP contribution in [-0.4, -0.2) is 38.8 Å². The fraction of sp³-hybridized carbons (Fsp3) is 1.00. The van der Waals surface area contributed by atoms with Crippen molar-refractivity contribution in [3.63, 3.8) is 0 Å². The summed E-state index contributed by atoms with van der Waals surface area (Å²) < 4.78 is 15.0. The normalized spacial score (nSPS) is 14.2. The smallest absolute Gasteiger partial charge is 0.393 e. The Hall–Kier alpha value is 0.0300. The molecule has 1 atom stereocenters. The Morgan fingerprint density at radius 2 is 1.03 bits per heavy atom. The molecule has 0 aliphatic carbocycles. The third-order valence-corrected chi connectivity index (χ3v) is 6.01. The lowest BCUT2D eigenvalue weighted by Crippen LogP contribution is -2.38. The second-order valence-electron chi connectivity index (χ2n) is 8.55. The van der Waals surface area contributed by atoms with Gasteiger partial charge in [0.2, 0.25) is 0 Å². The maximum absolute atomic E-state index is 10.7. The lowest BCUT2D eigenvalue weighted by atomic mass is 9.97. The van der Waals surface area contributed by atoms with Gasteiger partial charge in [0.05, 0.1) is 13.2 Å². The van der Waals surface area contributed by atoms with E-state index in [4.69, 9.17) is 9.79 Å². The Labute approximate surface area is 178 Å². The van der Waals surface area contributed by atoms with Gasteiger partial charge < -0.3 is 20.0 Å². The predicted octanol–water partition coefficient (Wildman–Crippen LogP) is 5.86. The molecule has 0 radical (unpaired) electrons. The topological polar surface area (TPSA) is 107 Å². The minimum absolute atomic E-state index is 0.280. The van der Waals surface area contributed by atoms with Crippen LogP contribution in [0.2, 0.25) is 0 Å². The number of aliphatic hydroxyl groups is 2. The van der Waals surface area contributed by atoms with Crippen LogP contribution in [0.3, 0.4) is 0 Å². The van der Waals surface area contributed by atoms with E-state index in [0.717, 1.165) is 12.8 Å². The molecule has 0 aromatic carbocycles. The largest absolute Gasteiger partial charge is 0.469 e. The zero-order chi connectivity index (χ0) is 21.8. The Morgan fingerprint density at radius 1 is 0.690 bits per heavy atom. The van der Waals surface area contributed by atoms with E-state index >= 15 is 0 Å². The number of unbranched alkanes of at least 4 members (excludes halogenated alkanes) is 16. The Balaban J connectivity index is 3.37. The van der Waals surface area contributed by atoms with Crippen molar-refractivity contribution < 1.29 is 29.1 Å². The molecule has 6 nitrogen and oxygen atoms in total. The highest BCUT2D eigenvalue weighted by atomic mass is 31.2. The van der Waals surface area contributed by atoms with Crippen LogP contribution in [0.4, 0.5) is 0 Å². The SMILES string of the molecule is CCCCCCCCCCCCCCCCCCCC(O)(CO)COP(=O)(O)O. The van der Waals surface area contributed by atoms with Crippen LogP contribution in [0.25, 0.3) is 0 Å². The van der Waals surface area contributed by atoms with Crippen molar-refractivity contribution >= 4 is 7.82 Å². The molecule has 176 valence electrons. The standard InChI is InChI=1S/C22H47O6P/c1-2-3-4-5-6-7-8-9-10-11-12-13-14-15-16-17-18-19-22(24,20-23)21-28-29(25,26)27/h23-24H,2-21H2,1H3,(H2,25,26,27). The van der Waals surface area contributed by atoms with Gasteiger partial charge in [-0.25, -0.2) is 4.57 Å². The molecule has 0 saturated heterocycles. The van der Waals surface area contributed by atoms with Gasteiger partial charge in [0, 0.05) is 0 Å². The molecule has 0 aliphatic heterocycles. The molecular formula is C22H47O6P. The molecule has 4 N–H and O–H groups in total. The third-order valence-electron chi connectivity index (χ3n) is 5.54. The van der Waals surface area contributed by atoms with Gasteiger partial charge in [0.25, 0.3) is 0 Å². The first-order valence-corrected chi connectivity index (χ1v) is 13.4. The molecule has 29 heavy (non-hydrogen) atoms. The molecule has 0 rings (SSSR count). The van der Waals surface area contributed by atoms with Gasteiger partial charge in [-0.15, -0.1) is 0 Å². The molecule has 0 spiro atoms. The van der Waals surface area contributed by atoms with Crippen LogP contribution < -0.4 is 0 Å². The van der Waals surface area contributed by atoms with Crippen molar-refractivity contribution in [2.45, 2.75) is 128 Å². The average Bonchev–Trinajstić information content (AvgIpc) is 2.68. The molecule has 0 bridgehead atoms. The average molecular weight is 439 g/mol. The number of hydrogen-bond donors (Lipinski definition) is 4. The summed E-state index contributed by atoms with van der Waals surface area (Å²) in [5.41, 5.74) is -1.57. The maximum Gasteiger partial charge on any atom is 0.469 e. The van der Waals surface area contributed by atoms with Crippen molar-refractivity contribution in [1.29, 1.82) is 0 Å². The minimum atomic E-state index is -4.62. The van der Waals surface area contributed by atoms with E-state index in [1.165, 1.54) is 89.9 Å². The van der Waals surface area contributed by atoms with Gasteiger partial charge in [0.1, 0.15) is 5.60 Å². The van der Waals surface area contributed by atoms with E-state index in [-0.39, 0.29) is 6.42 Å². The maximum atomic E-state index is 10.7. The fourth-order valence-electron chi connectivity index (χ4n) is 3.58. The molecule has 0 amide bonds. The van der Waals surface area contributed by atoms with Crippen LogP contribution in [-0.2, 0) is 9.09 Å². The number of hydrogen-bond acceptors (Lipinski definition) is 4. The molecule has 0 aliphatic rings. The quantitative estimate of drug-likeness (QED) is 0.125. The van der Waals surface area contributed by atoms with Crippen molar-refractivity contribution in [1.82, 2.24) is 0 Å². The van der Waals surface area contributed by atoms with Crippen LogP contribution >= 0.6 is 7.82 Å². The first kappa shape index (κ1) is 29.0. The van der Waals surface area contributed by atoms with E-state index in [2.05, 4.69) is 11.4 Å². The summed E-state index contributed by atoms with van der Waals surface area (Å²) in [6.45, 7) is 1.15. The molecule has 0 fully saturated rings. The summed E-state index contributed by atoms with van der Waals surface area (Å²) in [6.07, 6.45) is 21.9. The minimum Gasteiger partial charge on any atom is -0.393 e. The first-order chi connectivity index (χ1) is 13.8. The zero-order valence-electron chi connectivity index (χ0n) is 18.7. The van der Waals surface area contributed by atoms with E-state index in [1.807, 2.05) is 0 Å². The Morgan fingerprint density at radius 3 is 1.34 bits per heavy atom. The molecule has 7 heteroatoms. The van der Waals surface area contributed by atoms with Gasteiger partial charge in [-0.3, -0.25) is 4.52 Å². The van der Waals surface area contributed by atoms with Gasteiger partial charge in [-0.1, -0.05) is 116 Å². The Bertz CT molecular complexity index is 401. The highest BCUT2D eigenvalue weighted by Crippen LogP contribution is 2.37. The molecule has 0 heterocycles. The van der Waals surface area contributed by atoms with Crippen LogP contribution in [0, 0.1) is 0 Å². The van der Waals surface area contributed by atoms with Crippen molar-refractivity contribution in [3.05, 3.63) is 0 Å². The van der Waals surface area contributed by atoms with Crippen LogP contribution in [0.15, 0.2) is 0 Å². The number of aliphatic hydroxyl groups excluding tert-OH is 1. The van der Waals surface area contributed by atoms with Crippen molar-refractivity contribution in [2.75, 3.05) is 13.2 Å². The lowest BCUT2D eigenvalue weighted by Gasteiger charge is -2.25. The fourth-order valence-corrected chi connectivity index (χ4v) is 3.99. The monoisotopic (exact) mass is 438 g/mol. The predicted molar refractivity (Wildman–Crippen MR) is 119 cm³/mol. The number of phosphoric ester groups is 1. The van der Waals surface area contributed by atoms with Gasteiger partial charge in [-0.05, 0) is 6.42 Å². The molecule has 0 saturated carbocycles. The first-order valence-electron chi connectivity index (χ1n) is 11.9. The van der Waals surface area contributed by atoms with E-state index < -0.39 is 26.6 Å². The third kappa shape index (κ3) is 21.1. The second kappa shape index (κ2) is 18.8. The summed E-state index contributed by atoms with van der Waals surface area (Å²) >= 11 is 0. The number of phosphoric acid groups is 1. The van der Waals surface area contributed by atoms with E-state index in [9.17, 15) is 14.8 Å². The zero-order valence-corrected chi connectivity index (χ0v) is 19.6. The van der Waals surface area contributed by atoms with Crippen LogP contribution in [0.5, 0.6) is 0 Å². The summed E-state index contributed by atoms with van der Waals surface area (Å²) in [5, 5.41) is 19.3. The Kier molecular flexibility index (Phi) is 18.8. The molecule has 1 unspecified atom stereocenters. The van der Waals surface area contributed by atoms with Gasteiger partial charge in [0.15, 0.2) is 0 Å². The van der Waals surface area contributed by atoms with Crippen molar-refractivity contribution in [3.8, 4) is 0 Å². The second-order valence-corrected chi connectivity index (χ2v) is 9.79. The summed E-state index contributed by atoms with van der Waals surface area (Å²) in [4.78, 5) is 17.4. The molecule has 0 aromatic rings.